The molecule has 1 atom stereocenters. The normalized spacial score (nSPS) is 19.9. The van der Waals surface area contributed by atoms with Gasteiger partial charge in [-0.15, -0.1) is 0 Å². The number of nitrogens with one attached hydrogen (secondary N) is 3. The number of nitrogens with zero attached hydrogens (tertiary/aromatic N) is 2. The fraction of sp³-hybridized carbons (Fsp3) is 0.889. The van der Waals surface area contributed by atoms with Crippen LogP contribution in [0.25, 0.3) is 0 Å². The summed E-state index contributed by atoms with van der Waals surface area (Å²) in [5, 5.41) is 9.37. The molecule has 0 saturated carbocycles. The van der Waals surface area contributed by atoms with E-state index in [4.69, 9.17) is 0 Å². The number of rotatable bonds is 8. The van der Waals surface area contributed by atoms with E-state index in [1.165, 1.54) is 32.2 Å². The van der Waals surface area contributed by atoms with E-state index in [0.29, 0.717) is 6.54 Å². The molecule has 6 heteroatoms. The molecule has 1 fully saturated rings. The monoisotopic (exact) mass is 339 g/mol. The molecule has 0 spiro atoms. The summed E-state index contributed by atoms with van der Waals surface area (Å²) in [5.74, 6) is 0.806. The second-order valence-corrected chi connectivity index (χ2v) is 7.18. The number of hydrogen-bond donors (Lipinski definition) is 3. The first kappa shape index (κ1) is 20.7. The largest absolute Gasteiger partial charge is 0.359 e. The lowest BCUT2D eigenvalue weighted by atomic mass is 9.93. The highest BCUT2D eigenvalue weighted by Crippen LogP contribution is 2.18. The summed E-state index contributed by atoms with van der Waals surface area (Å²) in [5.41, 5.74) is -0.503. The van der Waals surface area contributed by atoms with Gasteiger partial charge in [-0.25, -0.2) is 0 Å². The molecule has 1 unspecified atom stereocenters. The number of likely N-dealkylation sites (tertiary alicyclic amines) is 1. The highest BCUT2D eigenvalue weighted by molar-refractivity contribution is 5.83. The Labute approximate surface area is 147 Å². The van der Waals surface area contributed by atoms with Gasteiger partial charge in [-0.2, -0.15) is 0 Å². The van der Waals surface area contributed by atoms with Crippen LogP contribution < -0.4 is 16.0 Å². The molecule has 3 N–H and O–H groups in total. The molecule has 0 aromatic carbocycles. The van der Waals surface area contributed by atoms with Gasteiger partial charge in [0.2, 0.25) is 5.91 Å². The molecule has 1 amide bonds. The Morgan fingerprint density at radius 3 is 2.62 bits per heavy atom. The van der Waals surface area contributed by atoms with Crippen LogP contribution in [-0.4, -0.2) is 62.6 Å². The van der Waals surface area contributed by atoms with Crippen LogP contribution in [0, 0.1) is 5.41 Å². The van der Waals surface area contributed by atoms with Gasteiger partial charge in [0.15, 0.2) is 5.96 Å². The van der Waals surface area contributed by atoms with E-state index >= 15 is 0 Å². The molecule has 0 aliphatic carbocycles. The van der Waals surface area contributed by atoms with E-state index in [1.807, 2.05) is 13.8 Å². The number of amides is 1. The van der Waals surface area contributed by atoms with E-state index in [1.54, 1.807) is 7.05 Å². The van der Waals surface area contributed by atoms with Crippen molar-refractivity contribution >= 4 is 11.9 Å². The average Bonchev–Trinajstić information content (AvgIpc) is 2.59. The molecule has 24 heavy (non-hydrogen) atoms. The molecule has 1 rings (SSSR count). The SMILES string of the molecule is CCNC(=NCC(C)(C)C(=O)NC)NCCN1CCCCC1CC. The van der Waals surface area contributed by atoms with Crippen LogP contribution >= 0.6 is 0 Å². The van der Waals surface area contributed by atoms with Crippen molar-refractivity contribution in [2.24, 2.45) is 10.4 Å². The number of aliphatic imine (C=N–C) groups is 1. The predicted octanol–water partition coefficient (Wildman–Crippen LogP) is 1.58. The smallest absolute Gasteiger partial charge is 0.227 e. The highest BCUT2D eigenvalue weighted by Gasteiger charge is 2.26. The maximum atomic E-state index is 11.9. The Kier molecular flexibility index (Phi) is 9.11. The van der Waals surface area contributed by atoms with Crippen LogP contribution in [0.2, 0.25) is 0 Å². The van der Waals surface area contributed by atoms with Gasteiger partial charge in [0.05, 0.1) is 12.0 Å². The summed E-state index contributed by atoms with van der Waals surface area (Å²) in [6, 6.07) is 0.729. The van der Waals surface area contributed by atoms with E-state index in [-0.39, 0.29) is 5.91 Å². The minimum absolute atomic E-state index is 0.0150. The Balaban J connectivity index is 2.50. The van der Waals surface area contributed by atoms with E-state index in [0.717, 1.165) is 31.6 Å². The predicted molar refractivity (Wildman–Crippen MR) is 101 cm³/mol. The van der Waals surface area contributed by atoms with Crippen molar-refractivity contribution in [3.05, 3.63) is 0 Å². The molecule has 140 valence electrons. The minimum Gasteiger partial charge on any atom is -0.359 e. The van der Waals surface area contributed by atoms with Gasteiger partial charge < -0.3 is 16.0 Å². The molecule has 0 aromatic heterocycles. The van der Waals surface area contributed by atoms with Crippen molar-refractivity contribution in [2.45, 2.75) is 59.4 Å². The molecule has 1 heterocycles. The van der Waals surface area contributed by atoms with Crippen molar-refractivity contribution in [3.63, 3.8) is 0 Å². The minimum atomic E-state index is -0.503. The summed E-state index contributed by atoms with van der Waals surface area (Å²) < 4.78 is 0. The zero-order valence-corrected chi connectivity index (χ0v) is 16.2. The Morgan fingerprint density at radius 1 is 1.25 bits per heavy atom. The third-order valence-electron chi connectivity index (χ3n) is 4.73. The second kappa shape index (κ2) is 10.5. The van der Waals surface area contributed by atoms with Gasteiger partial charge in [0, 0.05) is 32.7 Å². The molecule has 0 aromatic rings. The summed E-state index contributed by atoms with van der Waals surface area (Å²) in [7, 11) is 1.67. The third-order valence-corrected chi connectivity index (χ3v) is 4.73. The zero-order chi connectivity index (χ0) is 18.0. The van der Waals surface area contributed by atoms with Gasteiger partial charge >= 0.3 is 0 Å². The van der Waals surface area contributed by atoms with Crippen molar-refractivity contribution < 1.29 is 4.79 Å². The van der Waals surface area contributed by atoms with Gasteiger partial charge in [0.1, 0.15) is 0 Å². The number of hydrogen-bond acceptors (Lipinski definition) is 3. The first-order valence-electron chi connectivity index (χ1n) is 9.43. The molecular weight excluding hydrogens is 302 g/mol. The quantitative estimate of drug-likeness (QED) is 0.464. The van der Waals surface area contributed by atoms with Crippen LogP contribution in [0.15, 0.2) is 4.99 Å². The lowest BCUT2D eigenvalue weighted by Gasteiger charge is -2.35. The van der Waals surface area contributed by atoms with Crippen molar-refractivity contribution in [1.29, 1.82) is 0 Å². The zero-order valence-electron chi connectivity index (χ0n) is 16.2. The average molecular weight is 340 g/mol. The fourth-order valence-corrected chi connectivity index (χ4v) is 3.16. The number of piperidine rings is 1. The van der Waals surface area contributed by atoms with E-state index in [2.05, 4.69) is 39.7 Å². The molecular formula is C18H37N5O. The Bertz CT molecular complexity index is 408. The van der Waals surface area contributed by atoms with E-state index in [9.17, 15) is 4.79 Å². The highest BCUT2D eigenvalue weighted by atomic mass is 16.2. The van der Waals surface area contributed by atoms with Gasteiger partial charge in [-0.3, -0.25) is 14.7 Å². The van der Waals surface area contributed by atoms with E-state index < -0.39 is 5.41 Å². The summed E-state index contributed by atoms with van der Waals surface area (Å²) in [6.45, 7) is 12.6. The summed E-state index contributed by atoms with van der Waals surface area (Å²) >= 11 is 0. The van der Waals surface area contributed by atoms with Gasteiger partial charge in [-0.1, -0.05) is 13.3 Å². The summed E-state index contributed by atoms with van der Waals surface area (Å²) in [4.78, 5) is 19.0. The van der Waals surface area contributed by atoms with Crippen molar-refractivity contribution in [2.75, 3.05) is 39.8 Å². The fourth-order valence-electron chi connectivity index (χ4n) is 3.16. The van der Waals surface area contributed by atoms with Crippen molar-refractivity contribution in [3.8, 4) is 0 Å². The van der Waals surface area contributed by atoms with Crippen LogP contribution in [0.1, 0.15) is 53.4 Å². The number of guanidine groups is 1. The molecule has 0 bridgehead atoms. The van der Waals surface area contributed by atoms with Crippen molar-refractivity contribution in [1.82, 2.24) is 20.9 Å². The first-order chi connectivity index (χ1) is 11.4. The third kappa shape index (κ3) is 6.67. The summed E-state index contributed by atoms with van der Waals surface area (Å²) in [6.07, 6.45) is 5.23. The van der Waals surface area contributed by atoms with Crippen LogP contribution in [0.4, 0.5) is 0 Å². The molecule has 6 nitrogen and oxygen atoms in total. The Morgan fingerprint density at radius 2 is 2.00 bits per heavy atom. The standard InChI is InChI=1S/C18H37N5O/c1-6-15-10-8-9-12-23(15)13-11-21-17(20-7-2)22-14-18(3,4)16(24)19-5/h15H,6-14H2,1-5H3,(H,19,24)(H2,20,21,22). The first-order valence-corrected chi connectivity index (χ1v) is 9.43. The second-order valence-electron chi connectivity index (χ2n) is 7.18. The number of carbonyl (C=O) groups excluding carboxylic acids is 1. The Hall–Kier alpha value is -1.30. The number of carbonyl (C=O) groups is 1. The van der Waals surface area contributed by atoms with Gasteiger partial charge in [-0.05, 0) is 46.6 Å². The maximum Gasteiger partial charge on any atom is 0.227 e. The molecule has 0 radical (unpaired) electrons. The van der Waals surface area contributed by atoms with Crippen LogP contribution in [0.5, 0.6) is 0 Å². The maximum absolute atomic E-state index is 11.9. The lowest BCUT2D eigenvalue weighted by molar-refractivity contribution is -0.128. The molecule has 1 aliphatic rings. The lowest BCUT2D eigenvalue weighted by Crippen LogP contribution is -2.46. The van der Waals surface area contributed by atoms with Crippen LogP contribution in [0.3, 0.4) is 0 Å². The van der Waals surface area contributed by atoms with Gasteiger partial charge in [0.25, 0.3) is 0 Å². The molecule has 1 saturated heterocycles. The molecule has 1 aliphatic heterocycles. The topological polar surface area (TPSA) is 68.8 Å². The van der Waals surface area contributed by atoms with Crippen LogP contribution in [-0.2, 0) is 4.79 Å².